The van der Waals surface area contributed by atoms with Gasteiger partial charge in [0.1, 0.15) is 6.04 Å². The van der Waals surface area contributed by atoms with Crippen LogP contribution in [0, 0.1) is 0 Å². The van der Waals surface area contributed by atoms with Crippen molar-refractivity contribution in [2.45, 2.75) is 26.3 Å². The normalized spacial score (nSPS) is 11.9. The van der Waals surface area contributed by atoms with Crippen LogP contribution in [0.5, 0.6) is 0 Å². The number of amides is 1. The molecular weight excluding hydrogens is 292 g/mol. The minimum absolute atomic E-state index is 0.112. The molecule has 0 saturated carbocycles. The highest BCUT2D eigenvalue weighted by molar-refractivity contribution is 7.13. The molecule has 1 atom stereocenters. The number of ether oxygens (including phenoxy) is 1. The molecule has 6 nitrogen and oxygen atoms in total. The molecule has 7 heteroatoms. The van der Waals surface area contributed by atoms with E-state index in [4.69, 9.17) is 9.15 Å². The number of nitrogens with one attached hydrogen (secondary N) is 1. The molecule has 2 heterocycles. The maximum Gasteiger partial charge on any atom is 0.328 e. The zero-order valence-corrected chi connectivity index (χ0v) is 12.6. The second-order valence-electron chi connectivity index (χ2n) is 4.34. The van der Waals surface area contributed by atoms with Crippen molar-refractivity contribution in [2.24, 2.45) is 0 Å². The Morgan fingerprint density at radius 1 is 1.52 bits per heavy atom. The van der Waals surface area contributed by atoms with E-state index >= 15 is 0 Å². The van der Waals surface area contributed by atoms with Crippen molar-refractivity contribution >= 4 is 23.2 Å². The molecule has 0 aromatic carbocycles. The summed E-state index contributed by atoms with van der Waals surface area (Å²) in [5.74, 6) is -0.0428. The first-order chi connectivity index (χ1) is 10.1. The highest BCUT2D eigenvalue weighted by atomic mass is 32.1. The van der Waals surface area contributed by atoms with Crippen molar-refractivity contribution in [3.05, 3.63) is 29.5 Å². The van der Waals surface area contributed by atoms with Gasteiger partial charge < -0.3 is 14.5 Å². The third-order valence-electron chi connectivity index (χ3n) is 2.64. The zero-order chi connectivity index (χ0) is 15.2. The molecule has 0 aliphatic rings. The SMILES string of the molecule is CCOC(=O)C(C)NC(=O)Cc1csc(-c2ccco2)n1. The summed E-state index contributed by atoms with van der Waals surface area (Å²) in [6, 6.07) is 2.93. The Kier molecular flexibility index (Phi) is 5.10. The Hall–Kier alpha value is -2.15. The number of carbonyl (C=O) groups excluding carboxylic acids is 2. The van der Waals surface area contributed by atoms with Crippen molar-refractivity contribution in [3.8, 4) is 10.8 Å². The van der Waals surface area contributed by atoms with Gasteiger partial charge in [-0.1, -0.05) is 0 Å². The first-order valence-electron chi connectivity index (χ1n) is 6.54. The van der Waals surface area contributed by atoms with Crippen LogP contribution >= 0.6 is 11.3 Å². The van der Waals surface area contributed by atoms with Crippen LogP contribution in [0.15, 0.2) is 28.2 Å². The molecule has 2 rings (SSSR count). The first-order valence-corrected chi connectivity index (χ1v) is 7.42. The molecule has 1 N–H and O–H groups in total. The van der Waals surface area contributed by atoms with E-state index in [1.807, 2.05) is 6.07 Å². The summed E-state index contributed by atoms with van der Waals surface area (Å²) in [7, 11) is 0. The molecule has 2 aromatic rings. The van der Waals surface area contributed by atoms with Crippen LogP contribution in [0.25, 0.3) is 10.8 Å². The number of furan rings is 1. The predicted molar refractivity (Wildman–Crippen MR) is 77.8 cm³/mol. The summed E-state index contributed by atoms with van der Waals surface area (Å²) in [5.41, 5.74) is 0.639. The largest absolute Gasteiger partial charge is 0.464 e. The van der Waals surface area contributed by atoms with E-state index in [9.17, 15) is 9.59 Å². The molecule has 0 aliphatic heterocycles. The lowest BCUT2D eigenvalue weighted by atomic mass is 10.3. The standard InChI is InChI=1S/C14H16N2O4S/c1-3-19-14(18)9(2)15-12(17)7-10-8-21-13(16-10)11-5-4-6-20-11/h4-6,8-9H,3,7H2,1-2H3,(H,15,17). The van der Waals surface area contributed by atoms with Gasteiger partial charge in [-0.3, -0.25) is 4.79 Å². The van der Waals surface area contributed by atoms with E-state index in [0.29, 0.717) is 11.5 Å². The molecule has 112 valence electrons. The smallest absolute Gasteiger partial charge is 0.328 e. The number of thiazole rings is 1. The molecule has 0 radical (unpaired) electrons. The average molecular weight is 308 g/mol. The van der Waals surface area contributed by atoms with Gasteiger partial charge in [0.25, 0.3) is 0 Å². The number of hydrogen-bond donors (Lipinski definition) is 1. The number of nitrogens with zero attached hydrogens (tertiary/aromatic N) is 1. The molecule has 0 aliphatic carbocycles. The fourth-order valence-corrected chi connectivity index (χ4v) is 2.47. The van der Waals surface area contributed by atoms with Crippen LogP contribution in [0.2, 0.25) is 0 Å². The highest BCUT2D eigenvalue weighted by Gasteiger charge is 2.17. The van der Waals surface area contributed by atoms with E-state index in [1.54, 1.807) is 31.6 Å². The van der Waals surface area contributed by atoms with Crippen molar-refractivity contribution in [2.75, 3.05) is 6.61 Å². The summed E-state index contributed by atoms with van der Waals surface area (Å²) in [6.45, 7) is 3.60. The number of aromatic nitrogens is 1. The third kappa shape index (κ3) is 4.16. The van der Waals surface area contributed by atoms with Gasteiger partial charge in [-0.25, -0.2) is 9.78 Å². The lowest BCUT2D eigenvalue weighted by Crippen LogP contribution is -2.40. The lowest BCUT2D eigenvalue weighted by molar-refractivity contribution is -0.146. The Morgan fingerprint density at radius 3 is 3.00 bits per heavy atom. The maximum atomic E-state index is 11.8. The minimum Gasteiger partial charge on any atom is -0.464 e. The van der Waals surface area contributed by atoms with Crippen LogP contribution in [0.1, 0.15) is 19.5 Å². The van der Waals surface area contributed by atoms with Gasteiger partial charge in [0.2, 0.25) is 5.91 Å². The monoisotopic (exact) mass is 308 g/mol. The van der Waals surface area contributed by atoms with E-state index in [0.717, 1.165) is 5.01 Å². The molecule has 1 unspecified atom stereocenters. The minimum atomic E-state index is -0.666. The molecule has 0 fully saturated rings. The predicted octanol–water partition coefficient (Wildman–Crippen LogP) is 2.01. The van der Waals surface area contributed by atoms with Crippen LogP contribution in [0.4, 0.5) is 0 Å². The second-order valence-corrected chi connectivity index (χ2v) is 5.20. The quantitative estimate of drug-likeness (QED) is 0.826. The van der Waals surface area contributed by atoms with Crippen LogP contribution in [0.3, 0.4) is 0 Å². The molecular formula is C14H16N2O4S. The maximum absolute atomic E-state index is 11.8. The summed E-state index contributed by atoms with van der Waals surface area (Å²) >= 11 is 1.41. The summed E-state index contributed by atoms with van der Waals surface area (Å²) in [6.07, 6.45) is 1.69. The van der Waals surface area contributed by atoms with Gasteiger partial charge >= 0.3 is 5.97 Å². The Balaban J connectivity index is 1.90. The highest BCUT2D eigenvalue weighted by Crippen LogP contribution is 2.23. The summed E-state index contributed by atoms with van der Waals surface area (Å²) in [4.78, 5) is 27.6. The first kappa shape index (κ1) is 15.2. The molecule has 1 amide bonds. The van der Waals surface area contributed by atoms with Crippen molar-refractivity contribution in [1.29, 1.82) is 0 Å². The molecule has 0 bridgehead atoms. The molecule has 21 heavy (non-hydrogen) atoms. The van der Waals surface area contributed by atoms with Gasteiger partial charge in [-0.05, 0) is 26.0 Å². The Morgan fingerprint density at radius 2 is 2.33 bits per heavy atom. The fraction of sp³-hybridized carbons (Fsp3) is 0.357. The number of hydrogen-bond acceptors (Lipinski definition) is 6. The van der Waals surface area contributed by atoms with Crippen LogP contribution in [-0.4, -0.2) is 29.5 Å². The zero-order valence-electron chi connectivity index (χ0n) is 11.8. The lowest BCUT2D eigenvalue weighted by Gasteiger charge is -2.11. The van der Waals surface area contributed by atoms with Gasteiger partial charge in [-0.15, -0.1) is 11.3 Å². The van der Waals surface area contributed by atoms with Gasteiger partial charge in [-0.2, -0.15) is 0 Å². The van der Waals surface area contributed by atoms with Crippen molar-refractivity contribution in [3.63, 3.8) is 0 Å². The van der Waals surface area contributed by atoms with Gasteiger partial charge in [0.05, 0.1) is 25.0 Å². The van der Waals surface area contributed by atoms with Gasteiger partial charge in [0.15, 0.2) is 10.8 Å². The van der Waals surface area contributed by atoms with Crippen LogP contribution in [-0.2, 0) is 20.7 Å². The number of esters is 1. The summed E-state index contributed by atoms with van der Waals surface area (Å²) in [5, 5.41) is 5.11. The third-order valence-corrected chi connectivity index (χ3v) is 3.55. The van der Waals surface area contributed by atoms with Crippen LogP contribution < -0.4 is 5.32 Å². The Labute approximate surface area is 126 Å². The Bertz CT molecular complexity index is 606. The fourth-order valence-electron chi connectivity index (χ4n) is 1.68. The second kappa shape index (κ2) is 7.03. The van der Waals surface area contributed by atoms with Crippen molar-refractivity contribution < 1.29 is 18.7 Å². The van der Waals surface area contributed by atoms with E-state index in [2.05, 4.69) is 10.3 Å². The summed E-state index contributed by atoms with van der Waals surface area (Å²) < 4.78 is 10.1. The van der Waals surface area contributed by atoms with Crippen molar-refractivity contribution in [1.82, 2.24) is 10.3 Å². The van der Waals surface area contributed by atoms with E-state index < -0.39 is 12.0 Å². The molecule has 2 aromatic heterocycles. The number of carbonyl (C=O) groups is 2. The molecule has 0 spiro atoms. The van der Waals surface area contributed by atoms with E-state index in [-0.39, 0.29) is 18.9 Å². The van der Waals surface area contributed by atoms with E-state index in [1.165, 1.54) is 11.3 Å². The number of rotatable bonds is 6. The molecule has 0 saturated heterocycles. The van der Waals surface area contributed by atoms with Gasteiger partial charge in [0, 0.05) is 5.38 Å². The topological polar surface area (TPSA) is 81.4 Å². The average Bonchev–Trinajstić information content (AvgIpc) is 3.08.